The lowest BCUT2D eigenvalue weighted by molar-refractivity contribution is 0.0945. The Kier molecular flexibility index (Phi) is 7.48. The zero-order valence-corrected chi connectivity index (χ0v) is 12.6. The molecule has 0 atom stereocenters. The maximum Gasteiger partial charge on any atom is 0.258 e. The van der Waals surface area contributed by atoms with Crippen molar-refractivity contribution in [1.82, 2.24) is 5.32 Å². The van der Waals surface area contributed by atoms with Crippen LogP contribution in [0.4, 0.5) is 4.39 Å². The van der Waals surface area contributed by atoms with Gasteiger partial charge in [-0.05, 0) is 25.0 Å². The minimum Gasteiger partial charge on any atom is -0.496 e. The molecule has 19 heavy (non-hydrogen) atoms. The van der Waals surface area contributed by atoms with E-state index in [1.54, 1.807) is 6.07 Å². The van der Waals surface area contributed by atoms with Gasteiger partial charge in [0, 0.05) is 11.9 Å². The second kappa shape index (κ2) is 8.91. The molecule has 0 aliphatic rings. The molecule has 1 N–H and O–H groups in total. The number of carbonyl (C=O) groups excluding carboxylic acids is 1. The van der Waals surface area contributed by atoms with Crippen LogP contribution in [0.1, 0.15) is 36.0 Å². The first-order valence-electron chi connectivity index (χ1n) is 6.37. The summed E-state index contributed by atoms with van der Waals surface area (Å²) < 4.78 is 18.6. The summed E-state index contributed by atoms with van der Waals surface area (Å²) in [5.74, 6) is -0.719. The number of unbranched alkanes of at least 4 members (excludes halogenated alkanes) is 3. The summed E-state index contributed by atoms with van der Waals surface area (Å²) in [7, 11) is 1.42. The fraction of sp³-hybridized carbons (Fsp3) is 0.500. The highest BCUT2D eigenvalue weighted by molar-refractivity contribution is 9.09. The summed E-state index contributed by atoms with van der Waals surface area (Å²) in [6.45, 7) is 0.554. The Hall–Kier alpha value is -1.10. The van der Waals surface area contributed by atoms with E-state index in [1.165, 1.54) is 19.2 Å². The summed E-state index contributed by atoms with van der Waals surface area (Å²) >= 11 is 3.37. The number of hydrogen-bond acceptors (Lipinski definition) is 2. The Morgan fingerprint density at radius 1 is 1.32 bits per heavy atom. The van der Waals surface area contributed by atoms with E-state index in [2.05, 4.69) is 21.2 Å². The van der Waals surface area contributed by atoms with E-state index in [0.29, 0.717) is 6.54 Å². The molecule has 0 radical (unpaired) electrons. The molecule has 106 valence electrons. The van der Waals surface area contributed by atoms with Crippen molar-refractivity contribution in [2.75, 3.05) is 19.0 Å². The number of amides is 1. The normalized spacial score (nSPS) is 10.3. The molecule has 0 spiro atoms. The van der Waals surface area contributed by atoms with Gasteiger partial charge in [-0.1, -0.05) is 34.8 Å². The standard InChI is InChI=1S/C14H19BrFNO2/c1-19-12-8-6-7-11(16)13(12)14(18)17-10-5-3-2-4-9-15/h6-8H,2-5,9-10H2,1H3,(H,17,18). The second-order valence-corrected chi connectivity index (χ2v) is 4.97. The topological polar surface area (TPSA) is 38.3 Å². The van der Waals surface area contributed by atoms with Crippen LogP contribution in [0.25, 0.3) is 0 Å². The Balaban J connectivity index is 2.45. The lowest BCUT2D eigenvalue weighted by Gasteiger charge is -2.10. The molecule has 0 aromatic heterocycles. The molecule has 5 heteroatoms. The SMILES string of the molecule is COc1cccc(F)c1C(=O)NCCCCCCBr. The first-order valence-corrected chi connectivity index (χ1v) is 7.49. The van der Waals surface area contributed by atoms with Crippen LogP contribution in [0.5, 0.6) is 5.75 Å². The van der Waals surface area contributed by atoms with Gasteiger partial charge in [0.2, 0.25) is 0 Å². The van der Waals surface area contributed by atoms with E-state index in [-0.39, 0.29) is 11.3 Å². The third-order valence-electron chi connectivity index (χ3n) is 2.77. The third-order valence-corrected chi connectivity index (χ3v) is 3.33. The van der Waals surface area contributed by atoms with Gasteiger partial charge in [0.15, 0.2) is 0 Å². The highest BCUT2D eigenvalue weighted by atomic mass is 79.9. The van der Waals surface area contributed by atoms with E-state index < -0.39 is 11.7 Å². The van der Waals surface area contributed by atoms with Crippen LogP contribution in [0.2, 0.25) is 0 Å². The zero-order chi connectivity index (χ0) is 14.1. The summed E-state index contributed by atoms with van der Waals surface area (Å²) in [4.78, 5) is 11.9. The van der Waals surface area contributed by atoms with Gasteiger partial charge in [0.05, 0.1) is 7.11 Å². The molecular weight excluding hydrogens is 313 g/mol. The smallest absolute Gasteiger partial charge is 0.258 e. The van der Waals surface area contributed by atoms with Crippen LogP contribution in [0.3, 0.4) is 0 Å². The van der Waals surface area contributed by atoms with Gasteiger partial charge < -0.3 is 10.1 Å². The number of carbonyl (C=O) groups is 1. The molecule has 1 rings (SSSR count). The van der Waals surface area contributed by atoms with Gasteiger partial charge in [-0.15, -0.1) is 0 Å². The number of alkyl halides is 1. The van der Waals surface area contributed by atoms with Crippen molar-refractivity contribution in [1.29, 1.82) is 0 Å². The van der Waals surface area contributed by atoms with Crippen molar-refractivity contribution < 1.29 is 13.9 Å². The minimum atomic E-state index is -0.559. The number of methoxy groups -OCH3 is 1. The van der Waals surface area contributed by atoms with Gasteiger partial charge in [0.25, 0.3) is 5.91 Å². The van der Waals surface area contributed by atoms with E-state index in [9.17, 15) is 9.18 Å². The summed E-state index contributed by atoms with van der Waals surface area (Å²) in [6.07, 6.45) is 4.22. The number of ether oxygens (including phenoxy) is 1. The van der Waals surface area contributed by atoms with E-state index in [4.69, 9.17) is 4.74 Å². The first kappa shape index (κ1) is 16.0. The number of halogens is 2. The van der Waals surface area contributed by atoms with Gasteiger partial charge in [-0.2, -0.15) is 0 Å². The van der Waals surface area contributed by atoms with Gasteiger partial charge in [0.1, 0.15) is 17.1 Å². The van der Waals surface area contributed by atoms with E-state index >= 15 is 0 Å². The number of hydrogen-bond donors (Lipinski definition) is 1. The van der Waals surface area contributed by atoms with Crippen LogP contribution in [-0.2, 0) is 0 Å². The minimum absolute atomic E-state index is 0.0227. The summed E-state index contributed by atoms with van der Waals surface area (Å²) in [5.41, 5.74) is -0.0227. The quantitative estimate of drug-likeness (QED) is 0.584. The molecule has 0 saturated carbocycles. The van der Waals surface area contributed by atoms with Crippen molar-refractivity contribution in [3.63, 3.8) is 0 Å². The first-order chi connectivity index (χ1) is 9.20. The van der Waals surface area contributed by atoms with Gasteiger partial charge >= 0.3 is 0 Å². The van der Waals surface area contributed by atoms with Crippen LogP contribution in [-0.4, -0.2) is 24.9 Å². The molecule has 0 bridgehead atoms. The molecule has 0 heterocycles. The maximum atomic E-state index is 13.6. The molecule has 0 saturated heterocycles. The Bertz CT molecular complexity index is 412. The average molecular weight is 332 g/mol. The number of rotatable bonds is 8. The molecule has 3 nitrogen and oxygen atoms in total. The number of benzene rings is 1. The van der Waals surface area contributed by atoms with Crippen molar-refractivity contribution >= 4 is 21.8 Å². The fourth-order valence-corrected chi connectivity index (χ4v) is 2.15. The molecule has 0 aliphatic carbocycles. The average Bonchev–Trinajstić information content (AvgIpc) is 2.42. The van der Waals surface area contributed by atoms with Crippen LogP contribution in [0, 0.1) is 5.82 Å². The Morgan fingerprint density at radius 3 is 2.74 bits per heavy atom. The highest BCUT2D eigenvalue weighted by Gasteiger charge is 2.16. The van der Waals surface area contributed by atoms with Crippen molar-refractivity contribution in [2.24, 2.45) is 0 Å². The Morgan fingerprint density at radius 2 is 2.05 bits per heavy atom. The molecule has 1 aromatic carbocycles. The molecule has 1 aromatic rings. The molecule has 1 amide bonds. The number of nitrogens with one attached hydrogen (secondary N) is 1. The predicted octanol–water partition coefficient (Wildman–Crippen LogP) is 3.52. The fourth-order valence-electron chi connectivity index (χ4n) is 1.76. The molecule has 0 unspecified atom stereocenters. The largest absolute Gasteiger partial charge is 0.496 e. The predicted molar refractivity (Wildman–Crippen MR) is 77.5 cm³/mol. The van der Waals surface area contributed by atoms with Crippen molar-refractivity contribution in [3.8, 4) is 5.75 Å². The molecular formula is C14H19BrFNO2. The molecule has 0 fully saturated rings. The third kappa shape index (κ3) is 5.19. The maximum absolute atomic E-state index is 13.6. The van der Waals surface area contributed by atoms with E-state index in [1.807, 2.05) is 0 Å². The lowest BCUT2D eigenvalue weighted by atomic mass is 10.1. The van der Waals surface area contributed by atoms with Crippen molar-refractivity contribution in [3.05, 3.63) is 29.6 Å². The van der Waals surface area contributed by atoms with Gasteiger partial charge in [-0.25, -0.2) is 4.39 Å². The summed E-state index contributed by atoms with van der Waals surface area (Å²) in [5, 5.41) is 3.73. The van der Waals surface area contributed by atoms with Gasteiger partial charge in [-0.3, -0.25) is 4.79 Å². The second-order valence-electron chi connectivity index (χ2n) is 4.18. The van der Waals surface area contributed by atoms with Crippen LogP contribution < -0.4 is 10.1 Å². The van der Waals surface area contributed by atoms with E-state index in [0.717, 1.165) is 31.0 Å². The summed E-state index contributed by atoms with van der Waals surface area (Å²) in [6, 6.07) is 4.35. The zero-order valence-electron chi connectivity index (χ0n) is 11.0. The lowest BCUT2D eigenvalue weighted by Crippen LogP contribution is -2.26. The van der Waals surface area contributed by atoms with Crippen LogP contribution >= 0.6 is 15.9 Å². The van der Waals surface area contributed by atoms with Crippen LogP contribution in [0.15, 0.2) is 18.2 Å². The monoisotopic (exact) mass is 331 g/mol. The van der Waals surface area contributed by atoms with Crippen molar-refractivity contribution in [2.45, 2.75) is 25.7 Å². The highest BCUT2D eigenvalue weighted by Crippen LogP contribution is 2.20. The molecule has 0 aliphatic heterocycles. The Labute approximate surface area is 121 Å².